The number of rotatable bonds is 1. The summed E-state index contributed by atoms with van der Waals surface area (Å²) in [6.45, 7) is 0. The second-order valence-electron chi connectivity index (χ2n) is 2.08. The number of alkyl halides is 3. The molecule has 0 radical (unpaired) electrons. The quantitative estimate of drug-likeness (QED) is 0.655. The van der Waals surface area contributed by atoms with E-state index in [2.05, 4.69) is 9.72 Å². The van der Waals surface area contributed by atoms with Crippen molar-refractivity contribution in [3.8, 4) is 5.75 Å². The number of methoxy groups -OCH3 is 1. The van der Waals surface area contributed by atoms with E-state index in [-0.39, 0.29) is 0 Å². The first kappa shape index (κ1) is 8.83. The molecule has 0 saturated carbocycles. The average molecular weight is 177 g/mol. The standard InChI is InChI=1S/C7H6F3NO/c1-12-5-2-3-6(11-4-5)7(8,9)10/h2-4H,1H3. The number of hydrogen-bond acceptors (Lipinski definition) is 2. The first-order valence-corrected chi connectivity index (χ1v) is 3.11. The molecule has 0 aromatic carbocycles. The van der Waals surface area contributed by atoms with Gasteiger partial charge in [0.2, 0.25) is 0 Å². The third-order valence-electron chi connectivity index (χ3n) is 1.26. The van der Waals surface area contributed by atoms with Gasteiger partial charge in [-0.2, -0.15) is 13.2 Å². The van der Waals surface area contributed by atoms with Gasteiger partial charge in [-0.25, -0.2) is 4.98 Å². The summed E-state index contributed by atoms with van der Waals surface area (Å²) < 4.78 is 40.4. The fourth-order valence-electron chi connectivity index (χ4n) is 0.669. The molecule has 0 bridgehead atoms. The molecular formula is C7H6F3NO. The van der Waals surface area contributed by atoms with Crippen molar-refractivity contribution < 1.29 is 17.9 Å². The van der Waals surface area contributed by atoms with Gasteiger partial charge in [0.25, 0.3) is 0 Å². The minimum atomic E-state index is -4.38. The molecule has 0 fully saturated rings. The van der Waals surface area contributed by atoms with Crippen LogP contribution in [0.1, 0.15) is 5.69 Å². The highest BCUT2D eigenvalue weighted by atomic mass is 19.4. The monoisotopic (exact) mass is 177 g/mol. The summed E-state index contributed by atoms with van der Waals surface area (Å²) in [7, 11) is 1.37. The van der Waals surface area contributed by atoms with E-state index in [1.165, 1.54) is 13.2 Å². The number of hydrogen-bond donors (Lipinski definition) is 0. The molecule has 66 valence electrons. The van der Waals surface area contributed by atoms with E-state index in [4.69, 9.17) is 0 Å². The summed E-state index contributed by atoms with van der Waals surface area (Å²) in [5.74, 6) is 0.308. The molecule has 1 rings (SSSR count). The van der Waals surface area contributed by atoms with E-state index >= 15 is 0 Å². The van der Waals surface area contributed by atoms with Crippen LogP contribution in [0.3, 0.4) is 0 Å². The summed E-state index contributed by atoms with van der Waals surface area (Å²) in [5.41, 5.74) is -0.914. The lowest BCUT2D eigenvalue weighted by atomic mass is 10.3. The molecule has 1 heterocycles. The smallest absolute Gasteiger partial charge is 0.433 e. The second kappa shape index (κ2) is 3.00. The normalized spacial score (nSPS) is 11.3. The van der Waals surface area contributed by atoms with Crippen molar-refractivity contribution in [3.05, 3.63) is 24.0 Å². The Morgan fingerprint density at radius 1 is 1.33 bits per heavy atom. The Morgan fingerprint density at radius 2 is 2.00 bits per heavy atom. The largest absolute Gasteiger partial charge is 0.495 e. The van der Waals surface area contributed by atoms with Gasteiger partial charge in [-0.15, -0.1) is 0 Å². The van der Waals surface area contributed by atoms with Crippen molar-refractivity contribution in [3.63, 3.8) is 0 Å². The Kier molecular flexibility index (Phi) is 2.21. The summed E-state index contributed by atoms with van der Waals surface area (Å²) in [5, 5.41) is 0. The topological polar surface area (TPSA) is 22.1 Å². The predicted molar refractivity (Wildman–Crippen MR) is 35.8 cm³/mol. The number of aromatic nitrogens is 1. The van der Waals surface area contributed by atoms with Gasteiger partial charge in [0.1, 0.15) is 11.4 Å². The zero-order chi connectivity index (χ0) is 9.19. The van der Waals surface area contributed by atoms with Gasteiger partial charge in [0.15, 0.2) is 0 Å². The van der Waals surface area contributed by atoms with Gasteiger partial charge < -0.3 is 4.74 Å². The maximum Gasteiger partial charge on any atom is 0.433 e. The SMILES string of the molecule is COc1ccc(C(F)(F)F)nc1. The first-order valence-electron chi connectivity index (χ1n) is 3.11. The van der Waals surface area contributed by atoms with Gasteiger partial charge in [0, 0.05) is 0 Å². The third-order valence-corrected chi connectivity index (χ3v) is 1.26. The minimum absolute atomic E-state index is 0.308. The Balaban J connectivity index is 2.93. The highest BCUT2D eigenvalue weighted by Gasteiger charge is 2.31. The van der Waals surface area contributed by atoms with Crippen LogP contribution in [0.4, 0.5) is 13.2 Å². The lowest BCUT2D eigenvalue weighted by Crippen LogP contribution is -2.07. The van der Waals surface area contributed by atoms with E-state index in [1.807, 2.05) is 0 Å². The molecule has 0 unspecified atom stereocenters. The summed E-state index contributed by atoms with van der Waals surface area (Å²) >= 11 is 0. The van der Waals surface area contributed by atoms with Crippen LogP contribution in [0.25, 0.3) is 0 Å². The second-order valence-corrected chi connectivity index (χ2v) is 2.08. The molecule has 0 aliphatic rings. The van der Waals surface area contributed by atoms with Crippen molar-refractivity contribution in [1.82, 2.24) is 4.98 Å². The van der Waals surface area contributed by atoms with Crippen molar-refractivity contribution in [1.29, 1.82) is 0 Å². The molecule has 0 amide bonds. The van der Waals surface area contributed by atoms with Crippen molar-refractivity contribution >= 4 is 0 Å². The van der Waals surface area contributed by atoms with Crippen LogP contribution in [0.2, 0.25) is 0 Å². The van der Waals surface area contributed by atoms with Gasteiger partial charge in [-0.1, -0.05) is 0 Å². The zero-order valence-electron chi connectivity index (χ0n) is 6.22. The van der Waals surface area contributed by atoms with Crippen molar-refractivity contribution in [2.75, 3.05) is 7.11 Å². The predicted octanol–water partition coefficient (Wildman–Crippen LogP) is 2.11. The molecule has 0 aliphatic heterocycles. The van der Waals surface area contributed by atoms with Crippen molar-refractivity contribution in [2.45, 2.75) is 6.18 Å². The molecule has 0 aliphatic carbocycles. The molecule has 0 N–H and O–H groups in total. The first-order chi connectivity index (χ1) is 5.54. The molecule has 2 nitrogen and oxygen atoms in total. The lowest BCUT2D eigenvalue weighted by molar-refractivity contribution is -0.141. The highest BCUT2D eigenvalue weighted by Crippen LogP contribution is 2.27. The summed E-state index contributed by atoms with van der Waals surface area (Å²) in [4.78, 5) is 3.17. The molecule has 0 atom stereocenters. The molecule has 0 spiro atoms. The van der Waals surface area contributed by atoms with Crippen LogP contribution in [-0.2, 0) is 6.18 Å². The van der Waals surface area contributed by atoms with Crippen molar-refractivity contribution in [2.24, 2.45) is 0 Å². The Bertz CT molecular complexity index is 254. The van der Waals surface area contributed by atoms with Gasteiger partial charge in [0.05, 0.1) is 13.3 Å². The third kappa shape index (κ3) is 1.87. The van der Waals surface area contributed by atoms with Crippen LogP contribution in [0.5, 0.6) is 5.75 Å². The maximum absolute atomic E-state index is 11.9. The molecule has 0 saturated heterocycles. The Labute approximate surface area is 67.0 Å². The number of ether oxygens (including phenoxy) is 1. The van der Waals surface area contributed by atoms with Crippen LogP contribution >= 0.6 is 0 Å². The summed E-state index contributed by atoms with van der Waals surface area (Å²) in [6.07, 6.45) is -3.35. The average Bonchev–Trinajstić information content (AvgIpc) is 2.03. The van der Waals surface area contributed by atoms with E-state index in [0.717, 1.165) is 12.3 Å². The van der Waals surface area contributed by atoms with Gasteiger partial charge in [-0.05, 0) is 12.1 Å². The van der Waals surface area contributed by atoms with E-state index in [9.17, 15) is 13.2 Å². The number of pyridine rings is 1. The molecule has 1 aromatic rings. The van der Waals surface area contributed by atoms with E-state index < -0.39 is 11.9 Å². The Hall–Kier alpha value is -1.26. The maximum atomic E-state index is 11.9. The van der Waals surface area contributed by atoms with Gasteiger partial charge >= 0.3 is 6.18 Å². The van der Waals surface area contributed by atoms with Crippen LogP contribution in [0.15, 0.2) is 18.3 Å². The number of nitrogens with zero attached hydrogens (tertiary/aromatic N) is 1. The number of halogens is 3. The molecule has 5 heteroatoms. The molecule has 1 aromatic heterocycles. The molecule has 12 heavy (non-hydrogen) atoms. The van der Waals surface area contributed by atoms with Crippen LogP contribution in [0, 0.1) is 0 Å². The molecular weight excluding hydrogens is 171 g/mol. The minimum Gasteiger partial charge on any atom is -0.495 e. The fraction of sp³-hybridized carbons (Fsp3) is 0.286. The van der Waals surface area contributed by atoms with Gasteiger partial charge in [-0.3, -0.25) is 0 Å². The highest BCUT2D eigenvalue weighted by molar-refractivity contribution is 5.20. The van der Waals surface area contributed by atoms with Crippen LogP contribution < -0.4 is 4.74 Å². The zero-order valence-corrected chi connectivity index (χ0v) is 6.22. The van der Waals surface area contributed by atoms with Crippen LogP contribution in [-0.4, -0.2) is 12.1 Å². The fourth-order valence-corrected chi connectivity index (χ4v) is 0.669. The van der Waals surface area contributed by atoms with E-state index in [0.29, 0.717) is 5.75 Å². The lowest BCUT2D eigenvalue weighted by Gasteiger charge is -2.05. The summed E-state index contributed by atoms with van der Waals surface area (Å²) in [6, 6.07) is 2.09. The Morgan fingerprint density at radius 3 is 2.33 bits per heavy atom. The van der Waals surface area contributed by atoms with E-state index in [1.54, 1.807) is 0 Å².